The highest BCUT2D eigenvalue weighted by molar-refractivity contribution is 5.83. The zero-order valence-corrected chi connectivity index (χ0v) is 10.7. The Morgan fingerprint density at radius 3 is 2.79 bits per heavy atom. The predicted molar refractivity (Wildman–Crippen MR) is 78.2 cm³/mol. The minimum Gasteiger partial charge on any atom is -0.348 e. The fourth-order valence-electron chi connectivity index (χ4n) is 3.00. The number of nitrogens with one attached hydrogen (secondary N) is 1. The van der Waals surface area contributed by atoms with Crippen molar-refractivity contribution in [2.24, 2.45) is 0 Å². The first kappa shape index (κ1) is 10.8. The monoisotopic (exact) mass is 248 g/mol. The zero-order chi connectivity index (χ0) is 12.7. The number of benzene rings is 2. The van der Waals surface area contributed by atoms with Crippen molar-refractivity contribution >= 4 is 10.8 Å². The van der Waals surface area contributed by atoms with Crippen molar-refractivity contribution in [1.82, 2.24) is 9.88 Å². The molecule has 0 saturated heterocycles. The molecule has 2 nitrogen and oxygen atoms in total. The van der Waals surface area contributed by atoms with E-state index in [0.29, 0.717) is 6.04 Å². The molecular formula is C17H16N2. The maximum atomic E-state index is 3.62. The molecule has 0 bridgehead atoms. The molecule has 1 aliphatic rings. The summed E-state index contributed by atoms with van der Waals surface area (Å²) in [7, 11) is 0. The van der Waals surface area contributed by atoms with Crippen LogP contribution in [0.3, 0.4) is 0 Å². The standard InChI is InChI=1S/C17H16N2/c1-2-5-14-12-15(8-7-13(14)4-1)17-16-6-3-10-19(16)11-9-18-17/h1-8,10,12,17-18H,9,11H2. The molecule has 2 aromatic carbocycles. The molecule has 4 rings (SSSR count). The van der Waals surface area contributed by atoms with Gasteiger partial charge in [-0.05, 0) is 34.5 Å². The van der Waals surface area contributed by atoms with Gasteiger partial charge in [0.25, 0.3) is 0 Å². The summed E-state index contributed by atoms with van der Waals surface area (Å²) in [5.74, 6) is 0. The highest BCUT2D eigenvalue weighted by atomic mass is 15.1. The average Bonchev–Trinajstić information content (AvgIpc) is 2.95. The zero-order valence-electron chi connectivity index (χ0n) is 10.7. The lowest BCUT2D eigenvalue weighted by Crippen LogP contribution is -2.33. The summed E-state index contributed by atoms with van der Waals surface area (Å²) in [6.07, 6.45) is 2.17. The van der Waals surface area contributed by atoms with Crippen molar-refractivity contribution in [2.75, 3.05) is 6.54 Å². The molecule has 0 radical (unpaired) electrons. The van der Waals surface area contributed by atoms with Gasteiger partial charge in [0.1, 0.15) is 0 Å². The van der Waals surface area contributed by atoms with Gasteiger partial charge in [-0.25, -0.2) is 0 Å². The molecule has 1 unspecified atom stereocenters. The Hall–Kier alpha value is -2.06. The number of hydrogen-bond donors (Lipinski definition) is 1. The van der Waals surface area contributed by atoms with Crippen LogP contribution in [0.15, 0.2) is 60.8 Å². The summed E-state index contributed by atoms with van der Waals surface area (Å²) in [5.41, 5.74) is 2.71. The Morgan fingerprint density at radius 1 is 0.947 bits per heavy atom. The first-order valence-electron chi connectivity index (χ1n) is 6.79. The average molecular weight is 248 g/mol. The Labute approximate surface area is 112 Å². The summed E-state index contributed by atoms with van der Waals surface area (Å²) >= 11 is 0. The second-order valence-electron chi connectivity index (χ2n) is 5.12. The van der Waals surface area contributed by atoms with Gasteiger partial charge < -0.3 is 9.88 Å². The van der Waals surface area contributed by atoms with Gasteiger partial charge in [-0.2, -0.15) is 0 Å². The number of rotatable bonds is 1. The van der Waals surface area contributed by atoms with E-state index in [1.165, 1.54) is 22.0 Å². The van der Waals surface area contributed by atoms with Gasteiger partial charge in [-0.3, -0.25) is 0 Å². The van der Waals surface area contributed by atoms with Crippen LogP contribution in [0.1, 0.15) is 17.3 Å². The number of aromatic nitrogens is 1. The molecule has 1 atom stereocenters. The first-order valence-corrected chi connectivity index (χ1v) is 6.79. The van der Waals surface area contributed by atoms with Crippen LogP contribution in [-0.2, 0) is 6.54 Å². The molecule has 3 aromatic rings. The van der Waals surface area contributed by atoms with Crippen molar-refractivity contribution < 1.29 is 0 Å². The summed E-state index contributed by atoms with van der Waals surface area (Å²) < 4.78 is 2.34. The van der Waals surface area contributed by atoms with Crippen LogP contribution < -0.4 is 5.32 Å². The van der Waals surface area contributed by atoms with Crippen molar-refractivity contribution in [1.29, 1.82) is 0 Å². The van der Waals surface area contributed by atoms with E-state index in [9.17, 15) is 0 Å². The lowest BCUT2D eigenvalue weighted by Gasteiger charge is -2.27. The molecule has 0 amide bonds. The van der Waals surface area contributed by atoms with Crippen LogP contribution in [0.25, 0.3) is 10.8 Å². The summed E-state index contributed by atoms with van der Waals surface area (Å²) in [6, 6.07) is 20.0. The van der Waals surface area contributed by atoms with E-state index in [2.05, 4.69) is 70.7 Å². The van der Waals surface area contributed by atoms with Crippen LogP contribution in [0.2, 0.25) is 0 Å². The lowest BCUT2D eigenvalue weighted by molar-refractivity contribution is 0.467. The summed E-state index contributed by atoms with van der Waals surface area (Å²) in [5, 5.41) is 6.24. The highest BCUT2D eigenvalue weighted by Crippen LogP contribution is 2.27. The molecule has 94 valence electrons. The molecule has 0 spiro atoms. The fraction of sp³-hybridized carbons (Fsp3) is 0.176. The highest BCUT2D eigenvalue weighted by Gasteiger charge is 2.20. The van der Waals surface area contributed by atoms with Crippen molar-refractivity contribution in [3.8, 4) is 0 Å². The van der Waals surface area contributed by atoms with Crippen molar-refractivity contribution in [3.63, 3.8) is 0 Å². The van der Waals surface area contributed by atoms with E-state index in [1.807, 2.05) is 0 Å². The fourth-order valence-corrected chi connectivity index (χ4v) is 3.00. The molecular weight excluding hydrogens is 232 g/mol. The van der Waals surface area contributed by atoms with E-state index < -0.39 is 0 Å². The second kappa shape index (κ2) is 4.25. The normalized spacial score (nSPS) is 18.4. The van der Waals surface area contributed by atoms with Gasteiger partial charge in [0.15, 0.2) is 0 Å². The third-order valence-corrected chi connectivity index (χ3v) is 3.97. The van der Waals surface area contributed by atoms with Gasteiger partial charge in [-0.1, -0.05) is 36.4 Å². The quantitative estimate of drug-likeness (QED) is 0.699. The molecule has 19 heavy (non-hydrogen) atoms. The van der Waals surface area contributed by atoms with Crippen molar-refractivity contribution in [2.45, 2.75) is 12.6 Å². The van der Waals surface area contributed by atoms with E-state index in [4.69, 9.17) is 0 Å². The Bertz CT molecular complexity index is 727. The Kier molecular flexibility index (Phi) is 2.42. The number of hydrogen-bond acceptors (Lipinski definition) is 1. The number of nitrogens with zero attached hydrogens (tertiary/aromatic N) is 1. The molecule has 0 fully saturated rings. The van der Waals surface area contributed by atoms with Gasteiger partial charge >= 0.3 is 0 Å². The molecule has 0 aliphatic carbocycles. The molecule has 1 aromatic heterocycles. The molecule has 2 heterocycles. The molecule has 1 aliphatic heterocycles. The van der Waals surface area contributed by atoms with Crippen LogP contribution in [-0.4, -0.2) is 11.1 Å². The van der Waals surface area contributed by atoms with E-state index >= 15 is 0 Å². The molecule has 0 saturated carbocycles. The van der Waals surface area contributed by atoms with E-state index in [0.717, 1.165) is 13.1 Å². The summed E-state index contributed by atoms with van der Waals surface area (Å²) in [4.78, 5) is 0. The topological polar surface area (TPSA) is 17.0 Å². The van der Waals surface area contributed by atoms with Crippen LogP contribution in [0.5, 0.6) is 0 Å². The third-order valence-electron chi connectivity index (χ3n) is 3.97. The lowest BCUT2D eigenvalue weighted by atomic mass is 9.99. The Morgan fingerprint density at radius 2 is 1.84 bits per heavy atom. The summed E-state index contributed by atoms with van der Waals surface area (Å²) in [6.45, 7) is 2.09. The largest absolute Gasteiger partial charge is 0.348 e. The maximum Gasteiger partial charge on any atom is 0.0731 e. The van der Waals surface area contributed by atoms with Gasteiger partial charge in [-0.15, -0.1) is 0 Å². The third kappa shape index (κ3) is 1.76. The van der Waals surface area contributed by atoms with E-state index in [1.54, 1.807) is 0 Å². The SMILES string of the molecule is c1ccc2cc(C3NCCn4cccc43)ccc2c1. The minimum atomic E-state index is 0.313. The first-order chi connectivity index (χ1) is 9.42. The van der Waals surface area contributed by atoms with Crippen LogP contribution in [0.4, 0.5) is 0 Å². The minimum absolute atomic E-state index is 0.313. The number of fused-ring (bicyclic) bond motifs is 2. The van der Waals surface area contributed by atoms with Crippen molar-refractivity contribution in [3.05, 3.63) is 72.1 Å². The van der Waals surface area contributed by atoms with Gasteiger partial charge in [0, 0.05) is 25.0 Å². The van der Waals surface area contributed by atoms with Crippen LogP contribution >= 0.6 is 0 Å². The molecule has 2 heteroatoms. The second-order valence-corrected chi connectivity index (χ2v) is 5.12. The molecule has 1 N–H and O–H groups in total. The smallest absolute Gasteiger partial charge is 0.0731 e. The van der Waals surface area contributed by atoms with Gasteiger partial charge in [0.2, 0.25) is 0 Å². The Balaban J connectivity index is 1.83. The predicted octanol–water partition coefficient (Wildman–Crippen LogP) is 3.33. The van der Waals surface area contributed by atoms with Crippen LogP contribution in [0, 0.1) is 0 Å². The van der Waals surface area contributed by atoms with Gasteiger partial charge in [0.05, 0.1) is 6.04 Å². The maximum absolute atomic E-state index is 3.62. The van der Waals surface area contributed by atoms with E-state index in [-0.39, 0.29) is 0 Å².